The molecule has 0 saturated carbocycles. The Bertz CT molecular complexity index is 1280. The first-order valence-electron chi connectivity index (χ1n) is 10.5. The van der Waals surface area contributed by atoms with Crippen molar-refractivity contribution in [1.29, 1.82) is 5.26 Å². The zero-order valence-electron chi connectivity index (χ0n) is 19.1. The molecule has 1 N–H and O–H groups in total. The highest BCUT2D eigenvalue weighted by Crippen LogP contribution is 2.29. The molecule has 0 fully saturated rings. The summed E-state index contributed by atoms with van der Waals surface area (Å²) in [5.74, 6) is 0.411. The Morgan fingerprint density at radius 3 is 2.55 bits per heavy atom. The topological polar surface area (TPSA) is 98.3 Å². The SMILES string of the molecule is CCCOc1ccc(/C=C(/C#N)C(=O)Nc2c(C)n(C)n(-c3ccccc3)c2=O)cc1OC. The van der Waals surface area contributed by atoms with E-state index in [1.807, 2.05) is 31.2 Å². The van der Waals surface area contributed by atoms with E-state index in [0.717, 1.165) is 6.42 Å². The minimum atomic E-state index is -0.672. The number of benzene rings is 2. The van der Waals surface area contributed by atoms with Crippen LogP contribution in [0.5, 0.6) is 11.5 Å². The maximum atomic E-state index is 13.0. The second-order valence-corrected chi connectivity index (χ2v) is 7.32. The van der Waals surface area contributed by atoms with Crippen molar-refractivity contribution in [2.75, 3.05) is 19.0 Å². The van der Waals surface area contributed by atoms with Crippen molar-refractivity contribution < 1.29 is 14.3 Å². The molecule has 170 valence electrons. The molecule has 33 heavy (non-hydrogen) atoms. The van der Waals surface area contributed by atoms with Gasteiger partial charge in [-0.25, -0.2) is 4.68 Å². The number of aromatic nitrogens is 2. The lowest BCUT2D eigenvalue weighted by Gasteiger charge is -2.10. The van der Waals surface area contributed by atoms with Crippen molar-refractivity contribution in [2.45, 2.75) is 20.3 Å². The van der Waals surface area contributed by atoms with Crippen molar-refractivity contribution >= 4 is 17.7 Å². The molecular formula is C25H26N4O4. The Hall–Kier alpha value is -4.25. The number of nitriles is 1. The number of carbonyl (C=O) groups is 1. The van der Waals surface area contributed by atoms with Gasteiger partial charge in [-0.2, -0.15) is 5.26 Å². The summed E-state index contributed by atoms with van der Waals surface area (Å²) in [6.45, 7) is 4.28. The molecule has 0 radical (unpaired) electrons. The molecule has 0 aliphatic heterocycles. The summed E-state index contributed by atoms with van der Waals surface area (Å²) < 4.78 is 14.1. The number of rotatable bonds is 8. The number of nitrogens with zero attached hydrogens (tertiary/aromatic N) is 3. The summed E-state index contributed by atoms with van der Waals surface area (Å²) in [4.78, 5) is 25.9. The van der Waals surface area contributed by atoms with Crippen LogP contribution in [0.25, 0.3) is 11.8 Å². The monoisotopic (exact) mass is 446 g/mol. The van der Waals surface area contributed by atoms with Gasteiger partial charge in [0.25, 0.3) is 11.5 Å². The molecule has 2 aromatic carbocycles. The zero-order chi connectivity index (χ0) is 24.0. The van der Waals surface area contributed by atoms with Gasteiger partial charge in [-0.15, -0.1) is 0 Å². The molecule has 0 bridgehead atoms. The summed E-state index contributed by atoms with van der Waals surface area (Å²) in [5.41, 5.74) is 1.41. The number of para-hydroxylation sites is 1. The normalized spacial score (nSPS) is 11.1. The quantitative estimate of drug-likeness (QED) is 0.419. The molecule has 0 unspecified atom stereocenters. The molecule has 1 aromatic heterocycles. The summed E-state index contributed by atoms with van der Waals surface area (Å²) in [6, 6.07) is 16.2. The molecule has 0 aliphatic carbocycles. The number of hydrogen-bond donors (Lipinski definition) is 1. The Morgan fingerprint density at radius 1 is 1.18 bits per heavy atom. The highest BCUT2D eigenvalue weighted by Gasteiger charge is 2.20. The average Bonchev–Trinajstić information content (AvgIpc) is 3.04. The maximum absolute atomic E-state index is 13.0. The number of hydrogen-bond acceptors (Lipinski definition) is 5. The van der Waals surface area contributed by atoms with E-state index in [2.05, 4.69) is 5.32 Å². The standard InChI is InChI=1S/C25H26N4O4/c1-5-13-33-21-12-11-18(15-22(21)32-4)14-19(16-26)24(30)27-23-17(2)28(3)29(25(23)31)20-9-7-6-8-10-20/h6-12,14-15H,5,13H2,1-4H3,(H,27,30)/b19-14-. The largest absolute Gasteiger partial charge is 0.493 e. The summed E-state index contributed by atoms with van der Waals surface area (Å²) >= 11 is 0. The van der Waals surface area contributed by atoms with Gasteiger partial charge in [-0.05, 0) is 49.2 Å². The first kappa shape index (κ1) is 23.4. The third-order valence-electron chi connectivity index (χ3n) is 5.12. The van der Waals surface area contributed by atoms with Crippen molar-refractivity contribution in [2.24, 2.45) is 7.05 Å². The van der Waals surface area contributed by atoms with Crippen LogP contribution < -0.4 is 20.3 Å². The van der Waals surface area contributed by atoms with E-state index in [1.54, 1.807) is 49.0 Å². The summed E-state index contributed by atoms with van der Waals surface area (Å²) in [5, 5.41) is 12.2. The fraction of sp³-hybridized carbons (Fsp3) is 0.240. The van der Waals surface area contributed by atoms with Crippen LogP contribution in [0.3, 0.4) is 0 Å². The first-order valence-corrected chi connectivity index (χ1v) is 10.5. The fourth-order valence-corrected chi connectivity index (χ4v) is 3.31. The number of nitrogens with one attached hydrogen (secondary N) is 1. The minimum absolute atomic E-state index is 0.119. The van der Waals surface area contributed by atoms with Gasteiger partial charge in [-0.1, -0.05) is 31.2 Å². The zero-order valence-corrected chi connectivity index (χ0v) is 19.1. The van der Waals surface area contributed by atoms with Crippen LogP contribution in [0.4, 0.5) is 5.69 Å². The Kier molecular flexibility index (Phi) is 7.36. The van der Waals surface area contributed by atoms with Crippen LogP contribution in [0.1, 0.15) is 24.6 Å². The lowest BCUT2D eigenvalue weighted by Crippen LogP contribution is -2.23. The minimum Gasteiger partial charge on any atom is -0.493 e. The maximum Gasteiger partial charge on any atom is 0.295 e. The molecule has 8 heteroatoms. The van der Waals surface area contributed by atoms with E-state index in [-0.39, 0.29) is 16.8 Å². The second-order valence-electron chi connectivity index (χ2n) is 7.32. The second kappa shape index (κ2) is 10.4. The van der Waals surface area contributed by atoms with Crippen LogP contribution in [0.15, 0.2) is 58.9 Å². The molecule has 0 aliphatic rings. The third kappa shape index (κ3) is 4.99. The van der Waals surface area contributed by atoms with E-state index in [1.165, 1.54) is 17.9 Å². The lowest BCUT2D eigenvalue weighted by atomic mass is 10.1. The first-order chi connectivity index (χ1) is 15.9. The predicted octanol–water partition coefficient (Wildman–Crippen LogP) is 3.83. The van der Waals surface area contributed by atoms with E-state index in [0.29, 0.717) is 35.1 Å². The van der Waals surface area contributed by atoms with Gasteiger partial charge >= 0.3 is 0 Å². The van der Waals surface area contributed by atoms with Gasteiger partial charge < -0.3 is 14.8 Å². The van der Waals surface area contributed by atoms with Crippen molar-refractivity contribution in [1.82, 2.24) is 9.36 Å². The smallest absolute Gasteiger partial charge is 0.295 e. The predicted molar refractivity (Wildman–Crippen MR) is 127 cm³/mol. The highest BCUT2D eigenvalue weighted by atomic mass is 16.5. The molecule has 0 spiro atoms. The van der Waals surface area contributed by atoms with Gasteiger partial charge in [0.05, 0.1) is 25.1 Å². The van der Waals surface area contributed by atoms with Gasteiger partial charge in [0.15, 0.2) is 11.5 Å². The van der Waals surface area contributed by atoms with Crippen LogP contribution in [-0.4, -0.2) is 29.0 Å². The van der Waals surface area contributed by atoms with Crippen molar-refractivity contribution in [3.8, 4) is 23.3 Å². The summed E-state index contributed by atoms with van der Waals surface area (Å²) in [7, 11) is 3.25. The van der Waals surface area contributed by atoms with Gasteiger partial charge in [0, 0.05) is 7.05 Å². The van der Waals surface area contributed by atoms with Crippen molar-refractivity contribution in [3.63, 3.8) is 0 Å². The summed E-state index contributed by atoms with van der Waals surface area (Å²) in [6.07, 6.45) is 2.30. The third-order valence-corrected chi connectivity index (χ3v) is 5.12. The van der Waals surface area contributed by atoms with Crippen LogP contribution in [0.2, 0.25) is 0 Å². The number of carbonyl (C=O) groups excluding carboxylic acids is 1. The average molecular weight is 447 g/mol. The van der Waals surface area contributed by atoms with E-state index < -0.39 is 5.91 Å². The van der Waals surface area contributed by atoms with Gasteiger partial charge in [-0.3, -0.25) is 14.3 Å². The lowest BCUT2D eigenvalue weighted by molar-refractivity contribution is -0.112. The molecule has 1 amide bonds. The highest BCUT2D eigenvalue weighted by molar-refractivity contribution is 6.09. The van der Waals surface area contributed by atoms with Crippen LogP contribution >= 0.6 is 0 Å². The molecule has 0 atom stereocenters. The van der Waals surface area contributed by atoms with E-state index in [9.17, 15) is 14.9 Å². The van der Waals surface area contributed by atoms with Gasteiger partial charge in [0.1, 0.15) is 17.3 Å². The van der Waals surface area contributed by atoms with Crippen LogP contribution in [0, 0.1) is 18.3 Å². The van der Waals surface area contributed by atoms with E-state index in [4.69, 9.17) is 9.47 Å². The Labute approximate surface area is 192 Å². The molecule has 3 rings (SSSR count). The molecular weight excluding hydrogens is 420 g/mol. The fourth-order valence-electron chi connectivity index (χ4n) is 3.31. The molecule has 3 aromatic rings. The van der Waals surface area contributed by atoms with E-state index >= 15 is 0 Å². The number of methoxy groups -OCH3 is 1. The van der Waals surface area contributed by atoms with Gasteiger partial charge in [0.2, 0.25) is 0 Å². The number of ether oxygens (including phenoxy) is 2. The molecule has 0 saturated heterocycles. The molecule has 8 nitrogen and oxygen atoms in total. The number of anilines is 1. The Balaban J connectivity index is 1.90. The molecule has 1 heterocycles. The van der Waals surface area contributed by atoms with Crippen LogP contribution in [-0.2, 0) is 11.8 Å². The number of amides is 1. The Morgan fingerprint density at radius 2 is 1.91 bits per heavy atom. The van der Waals surface area contributed by atoms with Crippen molar-refractivity contribution in [3.05, 3.63) is 75.7 Å².